The third kappa shape index (κ3) is 1.33. The maximum atomic E-state index is 5.21. The van der Waals surface area contributed by atoms with Crippen molar-refractivity contribution in [2.75, 3.05) is 0 Å². The summed E-state index contributed by atoms with van der Waals surface area (Å²) >= 11 is 2.27. The first kappa shape index (κ1) is 5.41. The van der Waals surface area contributed by atoms with Gasteiger partial charge in [-0.3, -0.25) is 0 Å². The van der Waals surface area contributed by atoms with Crippen LogP contribution < -0.4 is 0 Å². The van der Waals surface area contributed by atoms with E-state index < -0.39 is 0 Å². The van der Waals surface area contributed by atoms with E-state index in [1.165, 1.54) is 0 Å². The Labute approximate surface area is 56.9 Å². The topological polar surface area (TPSA) is 9.23 Å². The van der Waals surface area contributed by atoms with Crippen LogP contribution in [0.15, 0.2) is 11.8 Å². The van der Waals surface area contributed by atoms with Crippen LogP contribution in [0.25, 0.3) is 0 Å². The third-order valence-corrected chi connectivity index (χ3v) is 1.67. The monoisotopic (exact) mass is 210 g/mol. The molecule has 0 bridgehead atoms. The van der Waals surface area contributed by atoms with Crippen LogP contribution in [0.3, 0.4) is 0 Å². The Bertz CT molecular complexity index is 98.3. The molecular weight excluding hydrogens is 203 g/mol. The molecule has 0 N–H and O–H groups in total. The summed E-state index contributed by atoms with van der Waals surface area (Å²) in [7, 11) is 0. The van der Waals surface area contributed by atoms with E-state index in [4.69, 9.17) is 4.74 Å². The van der Waals surface area contributed by atoms with Gasteiger partial charge in [-0.1, -0.05) is 0 Å². The zero-order chi connectivity index (χ0) is 5.28. The summed E-state index contributed by atoms with van der Waals surface area (Å²) in [5, 5.41) is 0. The summed E-state index contributed by atoms with van der Waals surface area (Å²) in [4.78, 5) is 0. The van der Waals surface area contributed by atoms with Gasteiger partial charge in [0.1, 0.15) is 0 Å². The summed E-state index contributed by atoms with van der Waals surface area (Å²) in [6, 6.07) is 0. The molecule has 0 aliphatic carbocycles. The van der Waals surface area contributed by atoms with Gasteiger partial charge in [0.15, 0.2) is 4.11 Å². The predicted molar refractivity (Wildman–Crippen MR) is 37.3 cm³/mol. The summed E-state index contributed by atoms with van der Waals surface area (Å²) in [6.07, 6.45) is 3.18. The Hall–Kier alpha value is 0.270. The molecule has 0 aromatic heterocycles. The SMILES string of the molecule is CC1=CCC(I)O1. The van der Waals surface area contributed by atoms with Crippen molar-refractivity contribution in [1.29, 1.82) is 0 Å². The molecule has 0 saturated heterocycles. The van der Waals surface area contributed by atoms with Crippen LogP contribution in [0.5, 0.6) is 0 Å². The summed E-state index contributed by atoms with van der Waals surface area (Å²) in [5.74, 6) is 1.07. The fraction of sp³-hybridized carbons (Fsp3) is 0.600. The second kappa shape index (κ2) is 2.03. The highest BCUT2D eigenvalue weighted by atomic mass is 127. The molecule has 1 rings (SSSR count). The molecule has 0 aromatic carbocycles. The van der Waals surface area contributed by atoms with Crippen LogP contribution in [-0.2, 0) is 4.74 Å². The lowest BCUT2D eigenvalue weighted by molar-refractivity contribution is 0.231. The minimum Gasteiger partial charge on any atom is -0.485 e. The van der Waals surface area contributed by atoms with Crippen molar-refractivity contribution in [3.05, 3.63) is 11.8 Å². The average molecular weight is 210 g/mol. The van der Waals surface area contributed by atoms with Crippen LogP contribution in [0, 0.1) is 0 Å². The highest BCUT2D eigenvalue weighted by Crippen LogP contribution is 2.20. The maximum Gasteiger partial charge on any atom is 0.152 e. The number of halogens is 1. The van der Waals surface area contributed by atoms with Crippen molar-refractivity contribution in [1.82, 2.24) is 0 Å². The molecule has 40 valence electrons. The minimum absolute atomic E-state index is 0.401. The molecular formula is C5H7IO. The fourth-order valence-corrected chi connectivity index (χ4v) is 1.21. The molecule has 0 amide bonds. The number of alkyl halides is 1. The Balaban J connectivity index is 2.42. The van der Waals surface area contributed by atoms with Gasteiger partial charge in [-0.2, -0.15) is 0 Å². The smallest absolute Gasteiger partial charge is 0.152 e. The van der Waals surface area contributed by atoms with Gasteiger partial charge < -0.3 is 4.74 Å². The van der Waals surface area contributed by atoms with Crippen LogP contribution >= 0.6 is 22.6 Å². The number of hydrogen-bond donors (Lipinski definition) is 0. The van der Waals surface area contributed by atoms with Crippen LogP contribution in [0.2, 0.25) is 0 Å². The molecule has 1 aliphatic rings. The van der Waals surface area contributed by atoms with Gasteiger partial charge in [-0.15, -0.1) is 0 Å². The van der Waals surface area contributed by atoms with Gasteiger partial charge in [-0.25, -0.2) is 0 Å². The quantitative estimate of drug-likeness (QED) is 0.439. The van der Waals surface area contributed by atoms with Gasteiger partial charge in [0.25, 0.3) is 0 Å². The molecule has 1 nitrogen and oxygen atoms in total. The Morgan fingerprint density at radius 1 is 2.00 bits per heavy atom. The standard InChI is InChI=1S/C5H7IO/c1-4-2-3-5(6)7-4/h2,5H,3H2,1H3. The number of hydrogen-bond acceptors (Lipinski definition) is 1. The van der Waals surface area contributed by atoms with Crippen molar-refractivity contribution >= 4 is 22.6 Å². The van der Waals surface area contributed by atoms with Crippen molar-refractivity contribution in [3.63, 3.8) is 0 Å². The zero-order valence-electron chi connectivity index (χ0n) is 4.15. The first-order valence-electron chi connectivity index (χ1n) is 2.26. The molecule has 0 aromatic rings. The van der Waals surface area contributed by atoms with Crippen LogP contribution in [0.1, 0.15) is 13.3 Å². The van der Waals surface area contributed by atoms with Gasteiger partial charge in [-0.05, 0) is 35.6 Å². The lowest BCUT2D eigenvalue weighted by Gasteiger charge is -1.99. The molecule has 7 heavy (non-hydrogen) atoms. The number of allylic oxidation sites excluding steroid dienone is 1. The molecule has 1 atom stereocenters. The Morgan fingerprint density at radius 3 is 2.86 bits per heavy atom. The average Bonchev–Trinajstić information content (AvgIpc) is 1.87. The number of ether oxygens (including phenoxy) is 1. The largest absolute Gasteiger partial charge is 0.485 e. The van der Waals surface area contributed by atoms with Crippen molar-refractivity contribution in [2.24, 2.45) is 0 Å². The van der Waals surface area contributed by atoms with Gasteiger partial charge in [0.05, 0.1) is 5.76 Å². The van der Waals surface area contributed by atoms with E-state index in [0.717, 1.165) is 12.2 Å². The van der Waals surface area contributed by atoms with Crippen molar-refractivity contribution in [2.45, 2.75) is 17.5 Å². The molecule has 1 heterocycles. The minimum atomic E-state index is 0.401. The van der Waals surface area contributed by atoms with Crippen molar-refractivity contribution in [3.8, 4) is 0 Å². The first-order chi connectivity index (χ1) is 3.29. The molecule has 0 fully saturated rings. The fourth-order valence-electron chi connectivity index (χ4n) is 0.557. The normalized spacial score (nSPS) is 29.4. The van der Waals surface area contributed by atoms with Gasteiger partial charge in [0, 0.05) is 6.42 Å². The molecule has 0 saturated carbocycles. The molecule has 0 radical (unpaired) electrons. The van der Waals surface area contributed by atoms with E-state index in [-0.39, 0.29) is 0 Å². The van der Waals surface area contributed by atoms with E-state index in [9.17, 15) is 0 Å². The second-order valence-electron chi connectivity index (χ2n) is 1.58. The molecule has 1 unspecified atom stereocenters. The summed E-state index contributed by atoms with van der Waals surface area (Å²) < 4.78 is 5.61. The Morgan fingerprint density at radius 2 is 2.71 bits per heavy atom. The third-order valence-electron chi connectivity index (χ3n) is 0.904. The summed E-state index contributed by atoms with van der Waals surface area (Å²) in [6.45, 7) is 1.98. The van der Waals surface area contributed by atoms with Gasteiger partial charge >= 0.3 is 0 Å². The predicted octanol–water partition coefficient (Wildman–Crippen LogP) is 2.07. The molecule has 2 heteroatoms. The Kier molecular flexibility index (Phi) is 1.57. The lowest BCUT2D eigenvalue weighted by atomic mass is 10.4. The number of rotatable bonds is 0. The van der Waals surface area contributed by atoms with Gasteiger partial charge in [0.2, 0.25) is 0 Å². The lowest BCUT2D eigenvalue weighted by Crippen LogP contribution is -1.90. The summed E-state index contributed by atoms with van der Waals surface area (Å²) in [5.41, 5.74) is 0. The highest BCUT2D eigenvalue weighted by Gasteiger charge is 2.08. The van der Waals surface area contributed by atoms with Crippen LogP contribution in [0.4, 0.5) is 0 Å². The zero-order valence-corrected chi connectivity index (χ0v) is 6.31. The van der Waals surface area contributed by atoms with Crippen molar-refractivity contribution < 1.29 is 4.74 Å². The molecule has 0 spiro atoms. The van der Waals surface area contributed by atoms with E-state index in [1.807, 2.05) is 6.92 Å². The van der Waals surface area contributed by atoms with E-state index in [0.29, 0.717) is 4.11 Å². The molecule has 1 aliphatic heterocycles. The van der Waals surface area contributed by atoms with E-state index in [2.05, 4.69) is 28.7 Å². The first-order valence-corrected chi connectivity index (χ1v) is 3.51. The highest BCUT2D eigenvalue weighted by molar-refractivity contribution is 14.1. The maximum absolute atomic E-state index is 5.21. The van der Waals surface area contributed by atoms with E-state index >= 15 is 0 Å². The van der Waals surface area contributed by atoms with Crippen LogP contribution in [-0.4, -0.2) is 4.11 Å². The second-order valence-corrected chi connectivity index (χ2v) is 2.97. The van der Waals surface area contributed by atoms with E-state index in [1.54, 1.807) is 0 Å².